The Morgan fingerprint density at radius 2 is 2.05 bits per heavy atom. The Morgan fingerprint density at radius 3 is 2.74 bits per heavy atom. The van der Waals surface area contributed by atoms with Crippen LogP contribution in [0, 0.1) is 11.3 Å². The van der Waals surface area contributed by atoms with Gasteiger partial charge in [-0.1, -0.05) is 24.3 Å². The van der Waals surface area contributed by atoms with Gasteiger partial charge in [0.1, 0.15) is 12.0 Å². The zero-order chi connectivity index (χ0) is 13.1. The summed E-state index contributed by atoms with van der Waals surface area (Å²) in [4.78, 5) is 6.37. The van der Waals surface area contributed by atoms with E-state index in [9.17, 15) is 0 Å². The van der Waals surface area contributed by atoms with Gasteiger partial charge >= 0.3 is 6.01 Å². The van der Waals surface area contributed by atoms with Crippen LogP contribution in [0.1, 0.15) is 5.56 Å². The minimum absolute atomic E-state index is 0.569. The van der Waals surface area contributed by atoms with Crippen LogP contribution in [0.4, 0.5) is 6.01 Å². The Hall–Kier alpha value is -2.80. The van der Waals surface area contributed by atoms with Gasteiger partial charge in [0.25, 0.3) is 0 Å². The minimum Gasteiger partial charge on any atom is -0.431 e. The van der Waals surface area contributed by atoms with Crippen molar-refractivity contribution in [2.24, 2.45) is 0 Å². The topological polar surface area (TPSA) is 53.1 Å². The van der Waals surface area contributed by atoms with Gasteiger partial charge in [0, 0.05) is 18.3 Å². The van der Waals surface area contributed by atoms with Gasteiger partial charge in [-0.05, 0) is 18.2 Å². The third-order valence-electron chi connectivity index (χ3n) is 2.86. The number of rotatable bonds is 2. The molecule has 0 atom stereocenters. The summed E-state index contributed by atoms with van der Waals surface area (Å²) < 4.78 is 5.48. The molecular formula is C15H11N3O. The van der Waals surface area contributed by atoms with E-state index in [1.807, 2.05) is 41.5 Å². The second-order valence-electron chi connectivity index (χ2n) is 4.13. The molecule has 0 aliphatic carbocycles. The lowest BCUT2D eigenvalue weighted by Crippen LogP contribution is -2.17. The molecule has 0 saturated heterocycles. The predicted octanol–water partition coefficient (Wildman–Crippen LogP) is 3.10. The van der Waals surface area contributed by atoms with Crippen molar-refractivity contribution in [3.8, 4) is 17.3 Å². The molecule has 1 aromatic carbocycles. The highest BCUT2D eigenvalue weighted by Gasteiger charge is 2.11. The van der Waals surface area contributed by atoms with Crippen LogP contribution in [0.3, 0.4) is 0 Å². The Balaban J connectivity index is 1.86. The first-order valence-electron chi connectivity index (χ1n) is 5.93. The normalized spacial score (nSPS) is 13.5. The van der Waals surface area contributed by atoms with Gasteiger partial charge < -0.3 is 4.42 Å². The van der Waals surface area contributed by atoms with Crippen molar-refractivity contribution in [3.63, 3.8) is 0 Å². The number of hydrogen-bond acceptors (Lipinski definition) is 4. The monoisotopic (exact) mass is 249 g/mol. The van der Waals surface area contributed by atoms with E-state index in [1.165, 1.54) is 0 Å². The maximum atomic E-state index is 8.77. The fourth-order valence-corrected chi connectivity index (χ4v) is 1.85. The van der Waals surface area contributed by atoms with Crippen LogP contribution in [0.15, 0.2) is 59.4 Å². The molecule has 2 heterocycles. The molecule has 0 saturated carbocycles. The Bertz CT molecular complexity index is 674. The van der Waals surface area contributed by atoms with E-state index in [0.717, 1.165) is 17.8 Å². The minimum atomic E-state index is 0.569. The summed E-state index contributed by atoms with van der Waals surface area (Å²) >= 11 is 0. The van der Waals surface area contributed by atoms with Crippen LogP contribution in [0.2, 0.25) is 0 Å². The standard InChI is InChI=1S/C15H11N3O/c16-10-12-4-6-13(7-5-12)14-11-19-15(17-14)18-8-2-1-3-9-18/h1-8,11H,9H2. The van der Waals surface area contributed by atoms with E-state index in [1.54, 1.807) is 18.4 Å². The van der Waals surface area contributed by atoms with Crippen LogP contribution < -0.4 is 4.90 Å². The lowest BCUT2D eigenvalue weighted by Gasteiger charge is -2.14. The fraction of sp³-hybridized carbons (Fsp3) is 0.0667. The highest BCUT2D eigenvalue weighted by atomic mass is 16.4. The average Bonchev–Trinajstić information content (AvgIpc) is 2.98. The van der Waals surface area contributed by atoms with Crippen molar-refractivity contribution in [1.82, 2.24) is 4.98 Å². The molecule has 0 amide bonds. The molecular weight excluding hydrogens is 238 g/mol. The summed E-state index contributed by atoms with van der Waals surface area (Å²) in [5, 5.41) is 8.77. The number of anilines is 1. The Labute approximate surface area is 110 Å². The Kier molecular flexibility index (Phi) is 2.87. The van der Waals surface area contributed by atoms with E-state index in [0.29, 0.717) is 11.6 Å². The quantitative estimate of drug-likeness (QED) is 0.820. The van der Waals surface area contributed by atoms with Crippen molar-refractivity contribution < 1.29 is 4.42 Å². The average molecular weight is 249 g/mol. The maximum absolute atomic E-state index is 8.77. The van der Waals surface area contributed by atoms with E-state index >= 15 is 0 Å². The zero-order valence-electron chi connectivity index (χ0n) is 10.2. The molecule has 19 heavy (non-hydrogen) atoms. The second-order valence-corrected chi connectivity index (χ2v) is 4.13. The largest absolute Gasteiger partial charge is 0.431 e. The zero-order valence-corrected chi connectivity index (χ0v) is 10.2. The molecule has 0 unspecified atom stereocenters. The maximum Gasteiger partial charge on any atom is 0.302 e. The van der Waals surface area contributed by atoms with Crippen LogP contribution in [-0.2, 0) is 0 Å². The molecule has 4 nitrogen and oxygen atoms in total. The van der Waals surface area contributed by atoms with Gasteiger partial charge in [-0.25, -0.2) is 0 Å². The van der Waals surface area contributed by atoms with E-state index < -0.39 is 0 Å². The lowest BCUT2D eigenvalue weighted by molar-refractivity contribution is 0.556. The van der Waals surface area contributed by atoms with Crippen LogP contribution >= 0.6 is 0 Å². The van der Waals surface area contributed by atoms with E-state index in [2.05, 4.69) is 11.1 Å². The van der Waals surface area contributed by atoms with Gasteiger partial charge in [0.15, 0.2) is 0 Å². The van der Waals surface area contributed by atoms with Crippen LogP contribution in [0.5, 0.6) is 0 Å². The molecule has 1 aromatic heterocycles. The molecule has 1 aliphatic heterocycles. The van der Waals surface area contributed by atoms with Gasteiger partial charge in [-0.15, -0.1) is 0 Å². The lowest BCUT2D eigenvalue weighted by atomic mass is 10.1. The Morgan fingerprint density at radius 1 is 1.21 bits per heavy atom. The van der Waals surface area contributed by atoms with Gasteiger partial charge in [0.2, 0.25) is 0 Å². The smallest absolute Gasteiger partial charge is 0.302 e. The molecule has 0 fully saturated rings. The number of benzene rings is 1. The van der Waals surface area contributed by atoms with Crippen molar-refractivity contribution in [3.05, 3.63) is 60.5 Å². The van der Waals surface area contributed by atoms with Crippen molar-refractivity contribution in [2.45, 2.75) is 0 Å². The SMILES string of the molecule is N#Cc1ccc(-c2coc(N3C=CC=CC3)n2)cc1. The first-order chi connectivity index (χ1) is 9.36. The van der Waals surface area contributed by atoms with E-state index in [4.69, 9.17) is 9.68 Å². The summed E-state index contributed by atoms with van der Waals surface area (Å²) in [5.41, 5.74) is 2.34. The molecule has 0 spiro atoms. The summed E-state index contributed by atoms with van der Waals surface area (Å²) in [6.45, 7) is 0.754. The number of allylic oxidation sites excluding steroid dienone is 2. The number of nitriles is 1. The molecule has 0 radical (unpaired) electrons. The van der Waals surface area contributed by atoms with Gasteiger partial charge in [-0.2, -0.15) is 10.2 Å². The van der Waals surface area contributed by atoms with Crippen molar-refractivity contribution in [2.75, 3.05) is 11.4 Å². The first kappa shape index (κ1) is 11.3. The summed E-state index contributed by atoms with van der Waals surface area (Å²) in [6, 6.07) is 9.94. The number of hydrogen-bond donors (Lipinski definition) is 0. The highest BCUT2D eigenvalue weighted by molar-refractivity contribution is 5.61. The van der Waals surface area contributed by atoms with Crippen molar-refractivity contribution >= 4 is 6.01 Å². The number of oxazole rings is 1. The molecule has 0 N–H and O–H groups in total. The highest BCUT2D eigenvalue weighted by Crippen LogP contribution is 2.23. The summed E-state index contributed by atoms with van der Waals surface area (Å²) in [5.74, 6) is 0. The number of aromatic nitrogens is 1. The third-order valence-corrected chi connectivity index (χ3v) is 2.86. The van der Waals surface area contributed by atoms with Crippen molar-refractivity contribution in [1.29, 1.82) is 5.26 Å². The molecule has 1 aliphatic rings. The molecule has 4 heteroatoms. The fourth-order valence-electron chi connectivity index (χ4n) is 1.85. The van der Waals surface area contributed by atoms with Gasteiger partial charge in [-0.3, -0.25) is 4.90 Å². The molecule has 0 bridgehead atoms. The van der Waals surface area contributed by atoms with Crippen LogP contribution in [0.25, 0.3) is 11.3 Å². The molecule has 2 aromatic rings. The predicted molar refractivity (Wildman–Crippen MR) is 72.3 cm³/mol. The summed E-state index contributed by atoms with van der Waals surface area (Å²) in [7, 11) is 0. The molecule has 92 valence electrons. The number of nitrogens with zero attached hydrogens (tertiary/aromatic N) is 3. The first-order valence-corrected chi connectivity index (χ1v) is 5.93. The second kappa shape index (κ2) is 4.83. The van der Waals surface area contributed by atoms with Crippen LogP contribution in [-0.4, -0.2) is 11.5 Å². The molecule has 3 rings (SSSR count). The van der Waals surface area contributed by atoms with E-state index in [-0.39, 0.29) is 0 Å². The summed E-state index contributed by atoms with van der Waals surface area (Å²) in [6.07, 6.45) is 9.51. The van der Waals surface area contributed by atoms with Gasteiger partial charge in [0.05, 0.1) is 11.6 Å². The third kappa shape index (κ3) is 2.26.